The Morgan fingerprint density at radius 1 is 0.957 bits per heavy atom. The molecule has 0 atom stereocenters. The van der Waals surface area contributed by atoms with Gasteiger partial charge in [0.05, 0.1) is 0 Å². The van der Waals surface area contributed by atoms with E-state index < -0.39 is 0 Å². The second-order valence-corrected chi connectivity index (χ2v) is 5.31. The minimum absolute atomic E-state index is 0.264. The number of piperidine rings is 1. The van der Waals surface area contributed by atoms with Crippen LogP contribution in [0.2, 0.25) is 0 Å². The summed E-state index contributed by atoms with van der Waals surface area (Å²) in [5.41, 5.74) is -0.388. The summed E-state index contributed by atoms with van der Waals surface area (Å²) >= 11 is 0. The van der Waals surface area contributed by atoms with E-state index in [1.807, 2.05) is 69.2 Å². The van der Waals surface area contributed by atoms with Crippen molar-refractivity contribution >= 4 is 6.09 Å². The van der Waals surface area contributed by atoms with Gasteiger partial charge in [-0.3, -0.25) is 0 Å². The van der Waals surface area contributed by atoms with Crippen molar-refractivity contribution in [3.8, 4) is 0 Å². The Morgan fingerprint density at radius 2 is 1.35 bits per heavy atom. The van der Waals surface area contributed by atoms with Crippen molar-refractivity contribution in [1.29, 1.82) is 0 Å². The van der Waals surface area contributed by atoms with Gasteiger partial charge in [-0.15, -0.1) is 0 Å². The van der Waals surface area contributed by atoms with E-state index in [0.29, 0.717) is 6.54 Å². The van der Waals surface area contributed by atoms with Crippen LogP contribution in [0.25, 0.3) is 0 Å². The van der Waals surface area contributed by atoms with Crippen molar-refractivity contribution < 1.29 is 9.53 Å². The van der Waals surface area contributed by atoms with Gasteiger partial charge in [0, 0.05) is 13.6 Å². The quantitative estimate of drug-likeness (QED) is 0.667. The molecule has 0 aromatic carbocycles. The number of nitrogens with zero attached hydrogens (tertiary/aromatic N) is 1. The van der Waals surface area contributed by atoms with Gasteiger partial charge in [-0.1, -0.05) is 48.0 Å². The molecule has 0 unspecified atom stereocenters. The van der Waals surface area contributed by atoms with Gasteiger partial charge in [0.1, 0.15) is 5.60 Å². The largest absolute Gasteiger partial charge is 0.444 e. The number of carbonyl (C=O) groups excluding carboxylic acids is 1. The second kappa shape index (κ2) is 23.5. The van der Waals surface area contributed by atoms with Gasteiger partial charge in [-0.05, 0) is 53.6 Å². The molecule has 1 rings (SSSR count). The molecular weight excluding hydrogens is 288 g/mol. The summed E-state index contributed by atoms with van der Waals surface area (Å²) in [5.74, 6) is 0. The summed E-state index contributed by atoms with van der Waals surface area (Å²) in [4.78, 5) is 12.6. The molecule has 0 radical (unpaired) electrons. The third-order valence-electron chi connectivity index (χ3n) is 2.39. The van der Waals surface area contributed by atoms with E-state index >= 15 is 0 Å². The van der Waals surface area contributed by atoms with E-state index in [0.717, 1.165) is 0 Å². The van der Waals surface area contributed by atoms with Gasteiger partial charge in [0.2, 0.25) is 0 Å². The third-order valence-corrected chi connectivity index (χ3v) is 2.39. The van der Waals surface area contributed by atoms with Crippen molar-refractivity contribution in [2.24, 2.45) is 0 Å². The molecule has 1 aliphatic heterocycles. The highest BCUT2D eigenvalue weighted by atomic mass is 16.6. The normalized spacial score (nSPS) is 12.3. The lowest BCUT2D eigenvalue weighted by molar-refractivity contribution is 0.0308. The minimum atomic E-state index is -0.388. The minimum Gasteiger partial charge on any atom is -0.444 e. The standard InChI is InChI=1S/C8H17NO2.C5H11N.3C2H6/c1-6-9(5)7(10)11-8(2,3)4;1-2-4-6-5-3-1;3*1-2/h6H2,1-5H3;6H,1-5H2;3*1-2H3. The van der Waals surface area contributed by atoms with Crippen LogP contribution >= 0.6 is 0 Å². The van der Waals surface area contributed by atoms with Crippen molar-refractivity contribution in [3.63, 3.8) is 0 Å². The van der Waals surface area contributed by atoms with Gasteiger partial charge in [-0.2, -0.15) is 0 Å². The van der Waals surface area contributed by atoms with Gasteiger partial charge in [0.15, 0.2) is 0 Å². The lowest BCUT2D eigenvalue weighted by Crippen LogP contribution is -2.33. The first kappa shape index (κ1) is 30.1. The molecule has 1 heterocycles. The maximum atomic E-state index is 11.1. The first-order valence-corrected chi connectivity index (χ1v) is 9.51. The highest BCUT2D eigenvalue weighted by molar-refractivity contribution is 5.67. The smallest absolute Gasteiger partial charge is 0.410 e. The van der Waals surface area contributed by atoms with Crippen LogP contribution in [-0.4, -0.2) is 43.3 Å². The Balaban J connectivity index is -0.000000126. The lowest BCUT2D eigenvalue weighted by atomic mass is 10.2. The number of ether oxygens (including phenoxy) is 1. The predicted octanol–water partition coefficient (Wildman–Crippen LogP) is 5.71. The molecule has 0 aromatic rings. The van der Waals surface area contributed by atoms with E-state index in [1.165, 1.54) is 37.3 Å². The first-order chi connectivity index (χ1) is 10.9. The molecule has 0 aliphatic carbocycles. The Morgan fingerprint density at radius 3 is 1.52 bits per heavy atom. The molecule has 0 aromatic heterocycles. The summed E-state index contributed by atoms with van der Waals surface area (Å²) in [7, 11) is 1.72. The molecule has 1 N–H and O–H groups in total. The molecule has 4 heteroatoms. The van der Waals surface area contributed by atoms with Crippen molar-refractivity contribution in [1.82, 2.24) is 10.2 Å². The summed E-state index contributed by atoms with van der Waals surface area (Å²) < 4.78 is 5.08. The summed E-state index contributed by atoms with van der Waals surface area (Å²) in [6.45, 7) is 22.6. The molecule has 1 saturated heterocycles. The van der Waals surface area contributed by atoms with E-state index in [4.69, 9.17) is 4.74 Å². The molecule has 0 spiro atoms. The summed E-state index contributed by atoms with van der Waals surface area (Å²) in [5, 5.41) is 3.28. The molecule has 1 amide bonds. The summed E-state index contributed by atoms with van der Waals surface area (Å²) in [6, 6.07) is 0. The Labute approximate surface area is 147 Å². The number of hydrogen-bond acceptors (Lipinski definition) is 3. The molecule has 4 nitrogen and oxygen atoms in total. The lowest BCUT2D eigenvalue weighted by Gasteiger charge is -2.23. The van der Waals surface area contributed by atoms with Crippen LogP contribution in [0.15, 0.2) is 0 Å². The van der Waals surface area contributed by atoms with Crippen LogP contribution < -0.4 is 5.32 Å². The van der Waals surface area contributed by atoms with E-state index in [-0.39, 0.29) is 11.7 Å². The maximum absolute atomic E-state index is 11.1. The molecular formula is C19H46N2O2. The van der Waals surface area contributed by atoms with Crippen LogP contribution in [0.3, 0.4) is 0 Å². The average molecular weight is 335 g/mol. The van der Waals surface area contributed by atoms with E-state index in [1.54, 1.807) is 7.05 Å². The highest BCUT2D eigenvalue weighted by Crippen LogP contribution is 2.08. The Hall–Kier alpha value is -0.770. The van der Waals surface area contributed by atoms with Gasteiger partial charge in [0.25, 0.3) is 0 Å². The zero-order chi connectivity index (χ0) is 19.3. The van der Waals surface area contributed by atoms with Gasteiger partial charge >= 0.3 is 6.09 Å². The number of carbonyl (C=O) groups is 1. The average Bonchev–Trinajstić information content (AvgIpc) is 2.60. The fourth-order valence-electron chi connectivity index (χ4n) is 1.27. The number of rotatable bonds is 1. The summed E-state index contributed by atoms with van der Waals surface area (Å²) in [6.07, 6.45) is 3.95. The molecule has 144 valence electrons. The molecule has 0 saturated carbocycles. The van der Waals surface area contributed by atoms with Gasteiger partial charge < -0.3 is 15.0 Å². The molecule has 0 bridgehead atoms. The fraction of sp³-hybridized carbons (Fsp3) is 0.947. The van der Waals surface area contributed by atoms with Crippen LogP contribution in [0.1, 0.15) is 88.5 Å². The van der Waals surface area contributed by atoms with Crippen molar-refractivity contribution in [2.45, 2.75) is 94.1 Å². The zero-order valence-corrected chi connectivity index (χ0v) is 18.0. The predicted molar refractivity (Wildman–Crippen MR) is 105 cm³/mol. The van der Waals surface area contributed by atoms with Crippen LogP contribution in [0.4, 0.5) is 4.79 Å². The number of amides is 1. The zero-order valence-electron chi connectivity index (χ0n) is 18.0. The third kappa shape index (κ3) is 29.8. The van der Waals surface area contributed by atoms with Crippen LogP contribution in [-0.2, 0) is 4.74 Å². The first-order valence-electron chi connectivity index (χ1n) is 9.51. The van der Waals surface area contributed by atoms with Crippen molar-refractivity contribution in [2.75, 3.05) is 26.7 Å². The molecule has 23 heavy (non-hydrogen) atoms. The highest BCUT2D eigenvalue weighted by Gasteiger charge is 2.17. The topological polar surface area (TPSA) is 41.6 Å². The Bertz CT molecular complexity index is 198. The maximum Gasteiger partial charge on any atom is 0.410 e. The van der Waals surface area contributed by atoms with Crippen molar-refractivity contribution in [3.05, 3.63) is 0 Å². The molecule has 1 aliphatic rings. The van der Waals surface area contributed by atoms with Crippen LogP contribution in [0.5, 0.6) is 0 Å². The van der Waals surface area contributed by atoms with Gasteiger partial charge in [-0.25, -0.2) is 4.79 Å². The van der Waals surface area contributed by atoms with Crippen LogP contribution in [0, 0.1) is 0 Å². The SMILES string of the molecule is C1CCNCC1.CC.CC.CC.CCN(C)C(=O)OC(C)(C)C. The van der Waals surface area contributed by atoms with E-state index in [9.17, 15) is 4.79 Å². The van der Waals surface area contributed by atoms with E-state index in [2.05, 4.69) is 5.32 Å². The monoisotopic (exact) mass is 334 g/mol. The number of hydrogen-bond donors (Lipinski definition) is 1. The molecule has 1 fully saturated rings. The fourth-order valence-corrected chi connectivity index (χ4v) is 1.27. The Kier molecular flexibility index (Phi) is 30.8. The second-order valence-electron chi connectivity index (χ2n) is 5.31. The number of nitrogens with one attached hydrogen (secondary N) is 1.